The second kappa shape index (κ2) is 4.45. The predicted octanol–water partition coefficient (Wildman–Crippen LogP) is 1.29. The summed E-state index contributed by atoms with van der Waals surface area (Å²) >= 11 is 0. The first kappa shape index (κ1) is 13.4. The maximum Gasteiger partial charge on any atom is 0.312 e. The van der Waals surface area contributed by atoms with E-state index in [-0.39, 0.29) is 18.0 Å². The number of ether oxygens (including phenoxy) is 1. The minimum Gasteiger partial charge on any atom is -0.748 e. The van der Waals surface area contributed by atoms with E-state index < -0.39 is 15.9 Å². The number of esters is 1. The van der Waals surface area contributed by atoms with Crippen LogP contribution < -0.4 is 0 Å². The van der Waals surface area contributed by atoms with Gasteiger partial charge in [0.2, 0.25) is 0 Å². The summed E-state index contributed by atoms with van der Waals surface area (Å²) in [4.78, 5) is 12.3. The Bertz CT molecular complexity index is 446. The Kier molecular flexibility index (Phi) is 3.13. The fourth-order valence-electron chi connectivity index (χ4n) is 4.75. The van der Waals surface area contributed by atoms with Crippen LogP contribution in [-0.2, 0) is 19.6 Å². The van der Waals surface area contributed by atoms with Gasteiger partial charge in [-0.15, -0.1) is 0 Å². The summed E-state index contributed by atoms with van der Waals surface area (Å²) in [5.41, 5.74) is -0.374. The molecule has 4 rings (SSSR count). The molecule has 4 aliphatic carbocycles. The van der Waals surface area contributed by atoms with Gasteiger partial charge in [0.15, 0.2) is 0 Å². The van der Waals surface area contributed by atoms with Crippen LogP contribution in [0.2, 0.25) is 0 Å². The molecule has 0 amide bonds. The molecule has 0 atom stereocenters. The topological polar surface area (TPSA) is 83.5 Å². The number of hydrogen-bond acceptors (Lipinski definition) is 5. The first-order chi connectivity index (χ1) is 8.86. The molecule has 0 aromatic rings. The van der Waals surface area contributed by atoms with Crippen LogP contribution in [0.15, 0.2) is 0 Å². The van der Waals surface area contributed by atoms with Crippen molar-refractivity contribution in [3.63, 3.8) is 0 Å². The summed E-state index contributed by atoms with van der Waals surface area (Å²) in [7, 11) is -4.30. The molecule has 108 valence electrons. The molecule has 0 saturated heterocycles. The Morgan fingerprint density at radius 2 is 1.58 bits per heavy atom. The zero-order chi connectivity index (χ0) is 13.7. The Labute approximate surface area is 113 Å². The van der Waals surface area contributed by atoms with Gasteiger partial charge in [-0.25, -0.2) is 8.42 Å². The summed E-state index contributed by atoms with van der Waals surface area (Å²) in [5, 5.41) is 0. The molecule has 0 radical (unpaired) electrons. The van der Waals surface area contributed by atoms with E-state index in [0.29, 0.717) is 17.8 Å². The van der Waals surface area contributed by atoms with Crippen LogP contribution in [0.1, 0.15) is 38.5 Å². The lowest BCUT2D eigenvalue weighted by molar-refractivity contribution is -0.170. The van der Waals surface area contributed by atoms with Gasteiger partial charge in [-0.2, -0.15) is 0 Å². The fraction of sp³-hybridized carbons (Fsp3) is 0.923. The molecule has 0 N–H and O–H groups in total. The second-order valence-electron chi connectivity index (χ2n) is 6.60. The number of hydrogen-bond donors (Lipinski definition) is 0. The Morgan fingerprint density at radius 1 is 1.11 bits per heavy atom. The maximum absolute atomic E-state index is 12.3. The van der Waals surface area contributed by atoms with Crippen molar-refractivity contribution in [3.05, 3.63) is 0 Å². The van der Waals surface area contributed by atoms with Crippen LogP contribution in [0.3, 0.4) is 0 Å². The molecule has 19 heavy (non-hydrogen) atoms. The SMILES string of the molecule is O=C(OCCS(=O)(=O)[O-])C12CC3CC(CC(C3)C1)C2. The molecular weight excluding hydrogens is 268 g/mol. The van der Waals surface area contributed by atoms with Gasteiger partial charge in [0.05, 0.1) is 21.3 Å². The molecule has 0 heterocycles. The van der Waals surface area contributed by atoms with E-state index in [9.17, 15) is 17.8 Å². The van der Waals surface area contributed by atoms with Crippen molar-refractivity contribution >= 4 is 16.1 Å². The normalized spacial score (nSPS) is 40.4. The lowest BCUT2D eigenvalue weighted by Gasteiger charge is -2.55. The molecule has 0 spiro atoms. The molecule has 0 aliphatic heterocycles. The third-order valence-electron chi connectivity index (χ3n) is 5.04. The highest BCUT2D eigenvalue weighted by Crippen LogP contribution is 2.60. The molecule has 4 fully saturated rings. The van der Waals surface area contributed by atoms with Crippen LogP contribution >= 0.6 is 0 Å². The molecule has 4 saturated carbocycles. The van der Waals surface area contributed by atoms with Gasteiger partial charge >= 0.3 is 5.97 Å². The van der Waals surface area contributed by atoms with Gasteiger partial charge < -0.3 is 9.29 Å². The maximum atomic E-state index is 12.3. The molecule has 6 heteroatoms. The largest absolute Gasteiger partial charge is 0.748 e. The van der Waals surface area contributed by atoms with Crippen LogP contribution in [-0.4, -0.2) is 31.3 Å². The van der Waals surface area contributed by atoms with Gasteiger partial charge in [-0.3, -0.25) is 4.79 Å². The van der Waals surface area contributed by atoms with Crippen molar-refractivity contribution < 1.29 is 22.5 Å². The van der Waals surface area contributed by atoms with Crippen molar-refractivity contribution in [2.45, 2.75) is 38.5 Å². The minimum atomic E-state index is -4.30. The first-order valence-corrected chi connectivity index (χ1v) is 8.55. The molecule has 0 unspecified atom stereocenters. The Balaban J connectivity index is 1.63. The molecule has 0 aromatic heterocycles. The smallest absolute Gasteiger partial charge is 0.312 e. The fourth-order valence-corrected chi connectivity index (χ4v) is 5.04. The molecule has 4 bridgehead atoms. The number of carbonyl (C=O) groups excluding carboxylic acids is 1. The lowest BCUT2D eigenvalue weighted by atomic mass is 9.49. The van der Waals surface area contributed by atoms with E-state index in [4.69, 9.17) is 4.74 Å². The van der Waals surface area contributed by atoms with Crippen LogP contribution in [0.25, 0.3) is 0 Å². The molecule has 0 aromatic carbocycles. The first-order valence-electron chi connectivity index (χ1n) is 6.97. The number of rotatable bonds is 4. The zero-order valence-corrected chi connectivity index (χ0v) is 11.7. The summed E-state index contributed by atoms with van der Waals surface area (Å²) in [6, 6.07) is 0. The summed E-state index contributed by atoms with van der Waals surface area (Å²) in [6.07, 6.45) is 6.39. The summed E-state index contributed by atoms with van der Waals surface area (Å²) in [6.45, 7) is -0.299. The van der Waals surface area contributed by atoms with Gasteiger partial charge in [0.1, 0.15) is 6.61 Å². The zero-order valence-electron chi connectivity index (χ0n) is 10.8. The van der Waals surface area contributed by atoms with Crippen LogP contribution in [0, 0.1) is 23.2 Å². The highest BCUT2D eigenvalue weighted by atomic mass is 32.2. The monoisotopic (exact) mass is 287 g/mol. The summed E-state index contributed by atoms with van der Waals surface area (Å²) in [5.74, 6) is 1.03. The van der Waals surface area contributed by atoms with E-state index in [2.05, 4.69) is 0 Å². The average molecular weight is 287 g/mol. The average Bonchev–Trinajstić information content (AvgIpc) is 2.25. The standard InChI is InChI=1S/C13H20O5S/c14-12(18-1-2-19(15,16)17)13-6-9-3-10(7-13)5-11(4-9)8-13/h9-11H,1-8H2,(H,15,16,17)/p-1. The predicted molar refractivity (Wildman–Crippen MR) is 66.1 cm³/mol. The van der Waals surface area contributed by atoms with Crippen molar-refractivity contribution in [1.29, 1.82) is 0 Å². The molecule has 4 aliphatic rings. The summed E-state index contributed by atoms with van der Waals surface area (Å²) < 4.78 is 36.6. The van der Waals surface area contributed by atoms with Gasteiger partial charge in [0.25, 0.3) is 0 Å². The lowest BCUT2D eigenvalue weighted by Crippen LogP contribution is -2.50. The van der Waals surface area contributed by atoms with Gasteiger partial charge in [0, 0.05) is 0 Å². The third kappa shape index (κ3) is 2.65. The third-order valence-corrected chi connectivity index (χ3v) is 5.70. The van der Waals surface area contributed by atoms with Gasteiger partial charge in [-0.1, -0.05) is 0 Å². The van der Waals surface area contributed by atoms with E-state index in [1.165, 1.54) is 19.3 Å². The van der Waals surface area contributed by atoms with E-state index in [1.807, 2.05) is 0 Å². The number of carbonyl (C=O) groups is 1. The molecular formula is C13H19O5S-. The minimum absolute atomic E-state index is 0.268. The second-order valence-corrected chi connectivity index (χ2v) is 8.12. The molecule has 5 nitrogen and oxygen atoms in total. The van der Waals surface area contributed by atoms with E-state index in [0.717, 1.165) is 19.3 Å². The highest BCUT2D eigenvalue weighted by molar-refractivity contribution is 7.85. The van der Waals surface area contributed by atoms with Crippen molar-refractivity contribution in [1.82, 2.24) is 0 Å². The Morgan fingerprint density at radius 3 is 2.00 bits per heavy atom. The van der Waals surface area contributed by atoms with Crippen molar-refractivity contribution in [3.8, 4) is 0 Å². The Hall–Kier alpha value is -0.620. The quantitative estimate of drug-likeness (QED) is 0.574. The van der Waals surface area contributed by atoms with Crippen LogP contribution in [0.4, 0.5) is 0 Å². The van der Waals surface area contributed by atoms with Crippen LogP contribution in [0.5, 0.6) is 0 Å². The van der Waals surface area contributed by atoms with Crippen molar-refractivity contribution in [2.24, 2.45) is 23.2 Å². The van der Waals surface area contributed by atoms with Crippen molar-refractivity contribution in [2.75, 3.05) is 12.4 Å². The van der Waals surface area contributed by atoms with Gasteiger partial charge in [-0.05, 0) is 56.3 Å². The van der Waals surface area contributed by atoms with E-state index in [1.54, 1.807) is 0 Å². The highest BCUT2D eigenvalue weighted by Gasteiger charge is 2.55. The van der Waals surface area contributed by atoms with E-state index >= 15 is 0 Å².